The Labute approximate surface area is 135 Å². The van der Waals surface area contributed by atoms with Gasteiger partial charge in [0.1, 0.15) is 5.01 Å². The van der Waals surface area contributed by atoms with Crippen LogP contribution in [0.2, 0.25) is 0 Å². The van der Waals surface area contributed by atoms with Crippen molar-refractivity contribution in [2.45, 2.75) is 40.7 Å². The van der Waals surface area contributed by atoms with Crippen molar-refractivity contribution >= 4 is 22.4 Å². The number of aryl methyl sites for hydroxylation is 2. The Balaban J connectivity index is 2.17. The number of hydrogen-bond acceptors (Lipinski definition) is 5. The van der Waals surface area contributed by atoms with E-state index in [-0.39, 0.29) is 11.3 Å². The molecule has 1 atom stereocenters. The van der Waals surface area contributed by atoms with E-state index in [1.165, 1.54) is 22.5 Å². The number of anilines is 1. The highest BCUT2D eigenvalue weighted by Crippen LogP contribution is 2.28. The molecule has 0 spiro atoms. The SMILES string of the molecule is Cc1cc(C)cc(-c2nnc(NC(=O)[C@@H](N)C(C)(C)C)s2)c1. The average molecular weight is 318 g/mol. The second-order valence-electron chi connectivity index (χ2n) is 6.62. The highest BCUT2D eigenvalue weighted by Gasteiger charge is 2.28. The van der Waals surface area contributed by atoms with Crippen LogP contribution in [0, 0.1) is 19.3 Å². The van der Waals surface area contributed by atoms with E-state index in [0.717, 1.165) is 10.6 Å². The van der Waals surface area contributed by atoms with Gasteiger partial charge in [-0.1, -0.05) is 49.3 Å². The zero-order valence-electron chi connectivity index (χ0n) is 13.6. The van der Waals surface area contributed by atoms with E-state index in [1.807, 2.05) is 34.6 Å². The first-order valence-corrected chi connectivity index (χ1v) is 7.97. The van der Waals surface area contributed by atoms with E-state index in [4.69, 9.17) is 5.73 Å². The summed E-state index contributed by atoms with van der Waals surface area (Å²) >= 11 is 1.35. The smallest absolute Gasteiger partial charge is 0.243 e. The number of nitrogens with two attached hydrogens (primary N) is 1. The summed E-state index contributed by atoms with van der Waals surface area (Å²) in [7, 11) is 0. The number of nitrogens with one attached hydrogen (secondary N) is 1. The van der Waals surface area contributed by atoms with E-state index in [0.29, 0.717) is 5.13 Å². The Bertz CT molecular complexity index is 667. The van der Waals surface area contributed by atoms with Crippen LogP contribution in [0.5, 0.6) is 0 Å². The summed E-state index contributed by atoms with van der Waals surface area (Å²) in [5.41, 5.74) is 9.00. The molecule has 0 saturated carbocycles. The summed E-state index contributed by atoms with van der Waals surface area (Å²) in [6.07, 6.45) is 0. The Hall–Kier alpha value is -1.79. The van der Waals surface area contributed by atoms with Crippen LogP contribution >= 0.6 is 11.3 Å². The third-order valence-electron chi connectivity index (χ3n) is 3.34. The molecule has 0 unspecified atom stereocenters. The molecule has 1 aromatic carbocycles. The van der Waals surface area contributed by atoms with Crippen molar-refractivity contribution in [1.29, 1.82) is 0 Å². The predicted molar refractivity (Wildman–Crippen MR) is 90.9 cm³/mol. The van der Waals surface area contributed by atoms with Gasteiger partial charge < -0.3 is 5.73 Å². The minimum absolute atomic E-state index is 0.240. The molecule has 5 nitrogen and oxygen atoms in total. The number of carbonyl (C=O) groups excluding carboxylic acids is 1. The molecule has 0 radical (unpaired) electrons. The van der Waals surface area contributed by atoms with E-state index < -0.39 is 6.04 Å². The summed E-state index contributed by atoms with van der Waals surface area (Å²) in [4.78, 5) is 12.1. The molecule has 2 rings (SSSR count). The third kappa shape index (κ3) is 3.90. The van der Waals surface area contributed by atoms with Gasteiger partial charge in [-0.15, -0.1) is 10.2 Å². The molecule has 0 saturated heterocycles. The topological polar surface area (TPSA) is 80.9 Å². The highest BCUT2D eigenvalue weighted by molar-refractivity contribution is 7.18. The lowest BCUT2D eigenvalue weighted by Gasteiger charge is -2.25. The lowest BCUT2D eigenvalue weighted by molar-refractivity contribution is -0.119. The normalized spacial score (nSPS) is 13.0. The number of amides is 1. The first kappa shape index (κ1) is 16.6. The molecular formula is C16H22N4OS. The van der Waals surface area contributed by atoms with E-state index in [9.17, 15) is 4.79 Å². The quantitative estimate of drug-likeness (QED) is 0.911. The third-order valence-corrected chi connectivity index (χ3v) is 4.23. The van der Waals surface area contributed by atoms with Crippen LogP contribution in [-0.2, 0) is 4.79 Å². The number of rotatable bonds is 3. The van der Waals surface area contributed by atoms with Crippen LogP contribution in [0.1, 0.15) is 31.9 Å². The van der Waals surface area contributed by atoms with E-state index >= 15 is 0 Å². The maximum Gasteiger partial charge on any atom is 0.243 e. The maximum atomic E-state index is 12.1. The number of aromatic nitrogens is 2. The van der Waals surface area contributed by atoms with Gasteiger partial charge in [0, 0.05) is 5.56 Å². The molecule has 0 aliphatic heterocycles. The Morgan fingerprint density at radius 1 is 1.18 bits per heavy atom. The Morgan fingerprint density at radius 3 is 2.32 bits per heavy atom. The molecule has 6 heteroatoms. The van der Waals surface area contributed by atoms with Crippen molar-refractivity contribution in [3.63, 3.8) is 0 Å². The largest absolute Gasteiger partial charge is 0.319 e. The lowest BCUT2D eigenvalue weighted by atomic mass is 9.87. The first-order chi connectivity index (χ1) is 10.2. The van der Waals surface area contributed by atoms with Gasteiger partial charge in [-0.2, -0.15) is 0 Å². The number of nitrogens with zero attached hydrogens (tertiary/aromatic N) is 2. The van der Waals surface area contributed by atoms with Gasteiger partial charge in [-0.3, -0.25) is 10.1 Å². The molecule has 1 amide bonds. The van der Waals surface area contributed by atoms with Crippen molar-refractivity contribution in [3.8, 4) is 10.6 Å². The number of hydrogen-bond donors (Lipinski definition) is 2. The molecule has 0 bridgehead atoms. The zero-order chi connectivity index (χ0) is 16.5. The summed E-state index contributed by atoms with van der Waals surface area (Å²) < 4.78 is 0. The van der Waals surface area contributed by atoms with Crippen LogP contribution < -0.4 is 11.1 Å². The van der Waals surface area contributed by atoms with E-state index in [2.05, 4.69) is 33.7 Å². The maximum absolute atomic E-state index is 12.1. The highest BCUT2D eigenvalue weighted by atomic mass is 32.1. The van der Waals surface area contributed by atoms with Crippen molar-refractivity contribution in [3.05, 3.63) is 29.3 Å². The molecule has 2 aromatic rings. The minimum Gasteiger partial charge on any atom is -0.319 e. The van der Waals surface area contributed by atoms with Crippen LogP contribution in [0.3, 0.4) is 0 Å². The van der Waals surface area contributed by atoms with Gasteiger partial charge in [-0.25, -0.2) is 0 Å². The van der Waals surface area contributed by atoms with Gasteiger partial charge in [-0.05, 0) is 31.4 Å². The monoisotopic (exact) mass is 318 g/mol. The molecule has 3 N–H and O–H groups in total. The molecule has 22 heavy (non-hydrogen) atoms. The second-order valence-corrected chi connectivity index (χ2v) is 7.60. The summed E-state index contributed by atoms with van der Waals surface area (Å²) in [6.45, 7) is 9.88. The molecule has 118 valence electrons. The zero-order valence-corrected chi connectivity index (χ0v) is 14.4. The summed E-state index contributed by atoms with van der Waals surface area (Å²) in [5, 5.41) is 12.2. The molecule has 0 aliphatic rings. The van der Waals surface area contributed by atoms with Crippen molar-refractivity contribution in [2.75, 3.05) is 5.32 Å². The fraction of sp³-hybridized carbons (Fsp3) is 0.438. The van der Waals surface area contributed by atoms with Crippen LogP contribution in [0.15, 0.2) is 18.2 Å². The first-order valence-electron chi connectivity index (χ1n) is 7.15. The molecule has 0 fully saturated rings. The molecule has 1 aromatic heterocycles. The van der Waals surface area contributed by atoms with Crippen LogP contribution in [0.25, 0.3) is 10.6 Å². The van der Waals surface area contributed by atoms with Gasteiger partial charge in [0.2, 0.25) is 11.0 Å². The number of benzene rings is 1. The van der Waals surface area contributed by atoms with Crippen molar-refractivity contribution < 1.29 is 4.79 Å². The Kier molecular flexibility index (Phi) is 4.63. The molecular weight excluding hydrogens is 296 g/mol. The number of carbonyl (C=O) groups is 1. The minimum atomic E-state index is -0.596. The van der Waals surface area contributed by atoms with Gasteiger partial charge >= 0.3 is 0 Å². The van der Waals surface area contributed by atoms with Gasteiger partial charge in [0.15, 0.2) is 0 Å². The fourth-order valence-electron chi connectivity index (χ4n) is 2.06. The average Bonchev–Trinajstić information content (AvgIpc) is 2.84. The summed E-state index contributed by atoms with van der Waals surface area (Å²) in [6, 6.07) is 5.62. The second kappa shape index (κ2) is 6.14. The lowest BCUT2D eigenvalue weighted by Crippen LogP contribution is -2.45. The van der Waals surface area contributed by atoms with E-state index in [1.54, 1.807) is 0 Å². The van der Waals surface area contributed by atoms with Crippen molar-refractivity contribution in [1.82, 2.24) is 10.2 Å². The fourth-order valence-corrected chi connectivity index (χ4v) is 2.80. The predicted octanol–water partition coefficient (Wildman–Crippen LogP) is 3.13. The molecule has 1 heterocycles. The van der Waals surface area contributed by atoms with Crippen LogP contribution in [-0.4, -0.2) is 22.1 Å². The van der Waals surface area contributed by atoms with Gasteiger partial charge in [0.05, 0.1) is 6.04 Å². The molecule has 0 aliphatic carbocycles. The summed E-state index contributed by atoms with van der Waals surface area (Å²) in [5.74, 6) is -0.240. The van der Waals surface area contributed by atoms with Crippen LogP contribution in [0.4, 0.5) is 5.13 Å². The Morgan fingerprint density at radius 2 is 1.77 bits per heavy atom. The van der Waals surface area contributed by atoms with Crippen molar-refractivity contribution in [2.24, 2.45) is 11.1 Å². The standard InChI is InChI=1S/C16H22N4OS/c1-9-6-10(2)8-11(7-9)14-19-20-15(22-14)18-13(21)12(17)16(3,4)5/h6-8,12H,17H2,1-5H3,(H,18,20,21)/t12-/m1/s1. The van der Waals surface area contributed by atoms with Gasteiger partial charge in [0.25, 0.3) is 0 Å².